The van der Waals surface area contributed by atoms with Gasteiger partial charge in [0.05, 0.1) is 16.0 Å². The normalized spacial score (nSPS) is 22.7. The molecular formula is C34H28N4O4S2. The summed E-state index contributed by atoms with van der Waals surface area (Å²) in [6, 6.07) is 1.96. The van der Waals surface area contributed by atoms with Gasteiger partial charge in [-0.3, -0.25) is 29.0 Å². The van der Waals surface area contributed by atoms with Crippen molar-refractivity contribution in [1.29, 1.82) is 5.26 Å². The highest BCUT2D eigenvalue weighted by Gasteiger charge is 2.43. The monoisotopic (exact) mass is 620 g/mol. The summed E-state index contributed by atoms with van der Waals surface area (Å²) >= 11 is 3.40. The van der Waals surface area contributed by atoms with Crippen LogP contribution in [0.4, 0.5) is 0 Å². The average molecular weight is 621 g/mol. The van der Waals surface area contributed by atoms with Gasteiger partial charge in [-0.15, -0.1) is 22.7 Å². The number of nitriles is 1. The molecule has 0 spiro atoms. The molecule has 2 aliphatic carbocycles. The molecule has 2 aromatic rings. The lowest BCUT2D eigenvalue weighted by Gasteiger charge is -2.27. The highest BCUT2D eigenvalue weighted by atomic mass is 32.1. The number of amides is 4. The third-order valence-electron chi connectivity index (χ3n) is 9.30. The van der Waals surface area contributed by atoms with Gasteiger partial charge in [0.2, 0.25) is 0 Å². The number of fused-ring (bicyclic) bond motifs is 5. The summed E-state index contributed by atoms with van der Waals surface area (Å²) in [5.41, 5.74) is 4.81. The summed E-state index contributed by atoms with van der Waals surface area (Å²) in [7, 11) is 2.80. The molecule has 0 saturated heterocycles. The molecule has 8 nitrogen and oxygen atoms in total. The third kappa shape index (κ3) is 3.71. The molecule has 0 unspecified atom stereocenters. The van der Waals surface area contributed by atoms with Crippen LogP contribution in [-0.2, 0) is 30.0 Å². The summed E-state index contributed by atoms with van der Waals surface area (Å²) in [4.78, 5) is 58.7. The fourth-order valence-corrected chi connectivity index (χ4v) is 9.85. The molecule has 0 fully saturated rings. The zero-order valence-corrected chi connectivity index (χ0v) is 27.2. The van der Waals surface area contributed by atoms with Gasteiger partial charge in [0.1, 0.15) is 11.6 Å². The van der Waals surface area contributed by atoms with Crippen LogP contribution in [0.25, 0.3) is 26.4 Å². The Morgan fingerprint density at radius 2 is 1.20 bits per heavy atom. The zero-order valence-electron chi connectivity index (χ0n) is 25.5. The van der Waals surface area contributed by atoms with E-state index in [2.05, 4.69) is 44.7 Å². The van der Waals surface area contributed by atoms with Crippen molar-refractivity contribution in [3.8, 4) is 6.07 Å². The molecule has 10 heteroatoms. The summed E-state index contributed by atoms with van der Waals surface area (Å²) < 4.78 is 2.36. The van der Waals surface area contributed by atoms with E-state index in [-0.39, 0.29) is 11.3 Å². The Morgan fingerprint density at radius 1 is 0.773 bits per heavy atom. The Kier molecular flexibility index (Phi) is 6.31. The van der Waals surface area contributed by atoms with Crippen molar-refractivity contribution in [2.45, 2.75) is 52.4 Å². The first-order chi connectivity index (χ1) is 20.6. The first-order valence-electron chi connectivity index (χ1n) is 13.9. The minimum atomic E-state index is -0.585. The predicted octanol–water partition coefficient (Wildman–Crippen LogP) is 6.20. The van der Waals surface area contributed by atoms with E-state index < -0.39 is 34.5 Å². The predicted molar refractivity (Wildman–Crippen MR) is 171 cm³/mol. The van der Waals surface area contributed by atoms with Gasteiger partial charge in [-0.25, -0.2) is 4.85 Å². The number of hydrogen-bond acceptors (Lipinski definition) is 7. The van der Waals surface area contributed by atoms with Crippen molar-refractivity contribution >= 4 is 67.9 Å². The molecular weight excluding hydrogens is 593 g/mol. The van der Waals surface area contributed by atoms with Gasteiger partial charge in [-0.2, -0.15) is 5.26 Å². The van der Waals surface area contributed by atoms with E-state index in [1.807, 2.05) is 18.2 Å². The van der Waals surface area contributed by atoms with Crippen LogP contribution in [0.2, 0.25) is 0 Å². The molecule has 0 bridgehead atoms. The molecule has 0 radical (unpaired) electrons. The topological polar surface area (TPSA) is 103 Å². The van der Waals surface area contributed by atoms with Gasteiger partial charge in [-0.1, -0.05) is 27.7 Å². The van der Waals surface area contributed by atoms with Crippen molar-refractivity contribution in [2.75, 3.05) is 14.1 Å². The van der Waals surface area contributed by atoms with Crippen molar-refractivity contribution in [1.82, 2.24) is 9.80 Å². The van der Waals surface area contributed by atoms with Gasteiger partial charge >= 0.3 is 0 Å². The first kappa shape index (κ1) is 29.4. The van der Waals surface area contributed by atoms with Crippen molar-refractivity contribution in [3.05, 3.63) is 89.2 Å². The van der Waals surface area contributed by atoms with E-state index in [0.29, 0.717) is 22.3 Å². The molecule has 0 N–H and O–H groups in total. The van der Waals surface area contributed by atoms with Crippen LogP contribution in [0.1, 0.15) is 62.4 Å². The molecule has 4 amide bonds. The van der Waals surface area contributed by atoms with E-state index >= 15 is 0 Å². The maximum atomic E-state index is 13.1. The number of allylic oxidation sites excluding steroid dienone is 4. The second kappa shape index (κ2) is 9.43. The van der Waals surface area contributed by atoms with Gasteiger partial charge in [-0.05, 0) is 71.6 Å². The largest absolute Gasteiger partial charge is 0.287 e. The van der Waals surface area contributed by atoms with Crippen LogP contribution >= 0.6 is 22.7 Å². The minimum Gasteiger partial charge on any atom is -0.287 e. The number of hydrogen-bond donors (Lipinski definition) is 0. The second-order valence-corrected chi connectivity index (χ2v) is 14.5. The zero-order chi connectivity index (χ0) is 32.2. The Bertz CT molecular complexity index is 1960. The lowest BCUT2D eigenvalue weighted by atomic mass is 9.79. The molecule has 2 aliphatic heterocycles. The van der Waals surface area contributed by atoms with Crippen LogP contribution < -0.4 is 0 Å². The van der Waals surface area contributed by atoms with Crippen LogP contribution in [0, 0.1) is 17.9 Å². The van der Waals surface area contributed by atoms with Gasteiger partial charge in [0, 0.05) is 45.8 Å². The number of likely N-dealkylation sites (N-methyl/N-ethyl adjacent to an activating group) is 2. The van der Waals surface area contributed by atoms with Gasteiger partial charge < -0.3 is 0 Å². The summed E-state index contributed by atoms with van der Waals surface area (Å²) in [5, 5.41) is 9.57. The number of carbonyl (C=O) groups excluding carboxylic acids is 4. The van der Waals surface area contributed by atoms with E-state index in [9.17, 15) is 24.4 Å². The standard InChI is InChI=1S/C34H28N4O4S2/c1-15-19(29(39)37(8)31(41)21(15)14-35)10-17-12-22-24(33(17,3)4)27-28(43-22)25-23(44-27)13-18(34(25,5)6)11-20-16(2)26(36-7)32(42)38(9)30(20)40/h10-13H,1-6,8-9H3/b19-10+,20-11+. The maximum absolute atomic E-state index is 13.1. The first-order valence-corrected chi connectivity index (χ1v) is 15.5. The molecule has 0 aromatic carbocycles. The quantitative estimate of drug-likeness (QED) is 0.226. The van der Waals surface area contributed by atoms with Crippen molar-refractivity contribution < 1.29 is 19.2 Å². The molecule has 0 atom stereocenters. The fraction of sp³-hybridized carbons (Fsp3) is 0.294. The fourth-order valence-electron chi connectivity index (χ4n) is 6.42. The lowest BCUT2D eigenvalue weighted by Crippen LogP contribution is -2.39. The molecule has 4 heterocycles. The van der Waals surface area contributed by atoms with Crippen LogP contribution in [0.15, 0.2) is 56.9 Å². The number of carbonyl (C=O) groups is 4. The lowest BCUT2D eigenvalue weighted by molar-refractivity contribution is -0.140. The van der Waals surface area contributed by atoms with Gasteiger partial charge in [0.25, 0.3) is 29.3 Å². The smallest absolute Gasteiger partial charge is 0.271 e. The number of imide groups is 2. The summed E-state index contributed by atoms with van der Waals surface area (Å²) in [6.07, 6.45) is 7.85. The number of rotatable bonds is 2. The Balaban J connectivity index is 1.44. The molecule has 0 saturated carbocycles. The van der Waals surface area contributed by atoms with Crippen LogP contribution in [-0.4, -0.2) is 47.5 Å². The molecule has 44 heavy (non-hydrogen) atoms. The Hall–Kier alpha value is -4.64. The highest BCUT2D eigenvalue weighted by Crippen LogP contribution is 2.58. The number of thiophene rings is 2. The average Bonchev–Trinajstić information content (AvgIpc) is 3.62. The molecule has 2 aromatic heterocycles. The highest BCUT2D eigenvalue weighted by molar-refractivity contribution is 7.29. The van der Waals surface area contributed by atoms with E-state index in [4.69, 9.17) is 6.57 Å². The molecule has 220 valence electrons. The van der Waals surface area contributed by atoms with Crippen LogP contribution in [0.5, 0.6) is 0 Å². The van der Waals surface area contributed by atoms with Crippen molar-refractivity contribution in [3.63, 3.8) is 0 Å². The summed E-state index contributed by atoms with van der Waals surface area (Å²) in [6.45, 7) is 19.3. The SMILES string of the molecule is [C-]#[N+]C1=C(C)/C(=C\C2=Cc3sc4c5c(sc4c3C2(C)C)C=C(/C=C2/C(=O)N(C)C(=O)C(C#N)=C2C)C5(C)C)C(=O)N(C)C1=O. The van der Waals surface area contributed by atoms with Crippen LogP contribution in [0.3, 0.4) is 0 Å². The molecule has 6 rings (SSSR count). The summed E-state index contributed by atoms with van der Waals surface area (Å²) in [5.74, 6) is -2.01. The van der Waals surface area contributed by atoms with E-state index in [0.717, 1.165) is 30.7 Å². The Labute approximate surface area is 263 Å². The maximum Gasteiger partial charge on any atom is 0.271 e. The van der Waals surface area contributed by atoms with Crippen molar-refractivity contribution in [2.24, 2.45) is 0 Å². The second-order valence-electron chi connectivity index (χ2n) is 12.4. The third-order valence-corrected chi connectivity index (χ3v) is 11.7. The Morgan fingerprint density at radius 3 is 1.64 bits per heavy atom. The van der Waals surface area contributed by atoms with Gasteiger partial charge in [0.15, 0.2) is 0 Å². The molecule has 4 aliphatic rings. The van der Waals surface area contributed by atoms with E-state index in [1.54, 1.807) is 36.5 Å². The minimum absolute atomic E-state index is 0.0226. The van der Waals surface area contributed by atoms with E-state index in [1.165, 1.54) is 34.6 Å². The number of nitrogens with zero attached hydrogens (tertiary/aromatic N) is 4.